The van der Waals surface area contributed by atoms with Crippen molar-refractivity contribution in [3.63, 3.8) is 0 Å². The van der Waals surface area contributed by atoms with Crippen molar-refractivity contribution in [3.8, 4) is 28.8 Å². The minimum absolute atomic E-state index is 0.00714. The fourth-order valence-electron chi connectivity index (χ4n) is 2.17. The van der Waals surface area contributed by atoms with Gasteiger partial charge >= 0.3 is 0 Å². The van der Waals surface area contributed by atoms with Gasteiger partial charge in [-0.1, -0.05) is 11.8 Å². The number of aromatic nitrogens is 2. The molecule has 0 fully saturated rings. The highest BCUT2D eigenvalue weighted by Crippen LogP contribution is 2.34. The van der Waals surface area contributed by atoms with Crippen molar-refractivity contribution >= 4 is 11.8 Å². The highest BCUT2D eigenvalue weighted by Gasteiger charge is 2.17. The standard InChI is InChI=1S/C15H13N3O3S/c1-22-15-17-13(10(8-16)14(19)18-15)9-3-4-11-12(7-9)21-6-2-5-20-11/h3-4,7H,2,5-6H2,1H3,(H,17,18,19). The van der Waals surface area contributed by atoms with Crippen LogP contribution in [0.3, 0.4) is 0 Å². The minimum atomic E-state index is -0.441. The Morgan fingerprint density at radius 1 is 1.32 bits per heavy atom. The first-order chi connectivity index (χ1) is 10.7. The van der Waals surface area contributed by atoms with Crippen LogP contribution in [0.2, 0.25) is 0 Å². The molecular weight excluding hydrogens is 302 g/mol. The van der Waals surface area contributed by atoms with Crippen LogP contribution in [0.25, 0.3) is 11.3 Å². The first kappa shape index (κ1) is 14.5. The third kappa shape index (κ3) is 2.65. The van der Waals surface area contributed by atoms with Crippen LogP contribution in [-0.4, -0.2) is 29.4 Å². The predicted octanol–water partition coefficient (Wildman–Crippen LogP) is 2.19. The van der Waals surface area contributed by atoms with E-state index in [4.69, 9.17) is 9.47 Å². The number of H-pyrrole nitrogens is 1. The van der Waals surface area contributed by atoms with Gasteiger partial charge in [-0.15, -0.1) is 0 Å². The van der Waals surface area contributed by atoms with E-state index in [-0.39, 0.29) is 5.56 Å². The van der Waals surface area contributed by atoms with Crippen molar-refractivity contribution in [1.82, 2.24) is 9.97 Å². The van der Waals surface area contributed by atoms with Gasteiger partial charge in [-0.2, -0.15) is 5.26 Å². The van der Waals surface area contributed by atoms with Crippen LogP contribution in [0.4, 0.5) is 0 Å². The Kier molecular flexibility index (Phi) is 4.02. The molecule has 1 aromatic carbocycles. The molecule has 1 N–H and O–H groups in total. The number of thioether (sulfide) groups is 1. The Morgan fingerprint density at radius 3 is 2.82 bits per heavy atom. The maximum Gasteiger partial charge on any atom is 0.270 e. The van der Waals surface area contributed by atoms with Crippen molar-refractivity contribution in [2.75, 3.05) is 19.5 Å². The second-order valence-corrected chi connectivity index (χ2v) is 5.42. The van der Waals surface area contributed by atoms with E-state index in [1.165, 1.54) is 11.8 Å². The maximum atomic E-state index is 12.0. The smallest absolute Gasteiger partial charge is 0.270 e. The Hall–Kier alpha value is -2.46. The van der Waals surface area contributed by atoms with E-state index >= 15 is 0 Å². The number of aromatic amines is 1. The molecule has 0 amide bonds. The fourth-order valence-corrected chi connectivity index (χ4v) is 2.55. The molecule has 1 aliphatic heterocycles. The quantitative estimate of drug-likeness (QED) is 0.675. The van der Waals surface area contributed by atoms with Gasteiger partial charge in [-0.05, 0) is 24.5 Å². The van der Waals surface area contributed by atoms with E-state index in [9.17, 15) is 10.1 Å². The summed E-state index contributed by atoms with van der Waals surface area (Å²) in [4.78, 5) is 18.9. The molecule has 0 aliphatic carbocycles. The Bertz CT molecular complexity index is 811. The summed E-state index contributed by atoms with van der Waals surface area (Å²) >= 11 is 1.31. The Morgan fingerprint density at radius 2 is 2.09 bits per heavy atom. The molecule has 2 aromatic rings. The summed E-state index contributed by atoms with van der Waals surface area (Å²) in [5, 5.41) is 9.70. The number of rotatable bonds is 2. The van der Waals surface area contributed by atoms with Gasteiger partial charge in [0.2, 0.25) is 0 Å². The zero-order valence-electron chi connectivity index (χ0n) is 11.9. The summed E-state index contributed by atoms with van der Waals surface area (Å²) < 4.78 is 11.2. The highest BCUT2D eigenvalue weighted by molar-refractivity contribution is 7.98. The molecule has 0 radical (unpaired) electrons. The molecule has 1 aliphatic rings. The molecular formula is C15H13N3O3S. The van der Waals surface area contributed by atoms with Crippen LogP contribution >= 0.6 is 11.8 Å². The summed E-state index contributed by atoms with van der Waals surface area (Å²) in [5.74, 6) is 1.27. The topological polar surface area (TPSA) is 88.0 Å². The molecule has 0 saturated carbocycles. The molecule has 3 rings (SSSR count). The van der Waals surface area contributed by atoms with Crippen LogP contribution in [-0.2, 0) is 0 Å². The van der Waals surface area contributed by atoms with Gasteiger partial charge in [0.15, 0.2) is 16.7 Å². The molecule has 6 nitrogen and oxygen atoms in total. The minimum Gasteiger partial charge on any atom is -0.490 e. The van der Waals surface area contributed by atoms with Crippen molar-refractivity contribution in [2.24, 2.45) is 0 Å². The largest absolute Gasteiger partial charge is 0.490 e. The van der Waals surface area contributed by atoms with E-state index in [1.807, 2.05) is 12.3 Å². The van der Waals surface area contributed by atoms with Crippen LogP contribution in [0.1, 0.15) is 12.0 Å². The number of ether oxygens (including phenoxy) is 2. The van der Waals surface area contributed by atoms with Crippen molar-refractivity contribution < 1.29 is 9.47 Å². The highest BCUT2D eigenvalue weighted by atomic mass is 32.2. The predicted molar refractivity (Wildman–Crippen MR) is 82.4 cm³/mol. The van der Waals surface area contributed by atoms with E-state index in [1.54, 1.807) is 18.2 Å². The number of hydrogen-bond donors (Lipinski definition) is 1. The average molecular weight is 315 g/mol. The summed E-state index contributed by atoms with van der Waals surface area (Å²) in [7, 11) is 0. The summed E-state index contributed by atoms with van der Waals surface area (Å²) in [6.07, 6.45) is 2.62. The first-order valence-corrected chi connectivity index (χ1v) is 7.94. The van der Waals surface area contributed by atoms with Crippen LogP contribution in [0.15, 0.2) is 28.2 Å². The van der Waals surface area contributed by atoms with Crippen LogP contribution in [0.5, 0.6) is 11.5 Å². The second kappa shape index (κ2) is 6.12. The van der Waals surface area contributed by atoms with E-state index in [0.717, 1.165) is 6.42 Å². The molecule has 0 saturated heterocycles. The summed E-state index contributed by atoms with van der Waals surface area (Å²) in [5.41, 5.74) is 0.560. The Labute approximate surface area is 131 Å². The molecule has 0 unspecified atom stereocenters. The van der Waals surface area contributed by atoms with Crippen LogP contribution in [0, 0.1) is 11.3 Å². The van der Waals surface area contributed by atoms with Crippen molar-refractivity contribution in [1.29, 1.82) is 5.26 Å². The molecule has 22 heavy (non-hydrogen) atoms. The van der Waals surface area contributed by atoms with E-state index in [0.29, 0.717) is 41.1 Å². The zero-order chi connectivity index (χ0) is 15.5. The van der Waals surface area contributed by atoms with Gasteiger partial charge in [0.25, 0.3) is 5.56 Å². The van der Waals surface area contributed by atoms with Crippen LogP contribution < -0.4 is 15.0 Å². The number of nitrogens with zero attached hydrogens (tertiary/aromatic N) is 2. The number of nitrogens with one attached hydrogen (secondary N) is 1. The van der Waals surface area contributed by atoms with Gasteiger partial charge < -0.3 is 14.5 Å². The summed E-state index contributed by atoms with van der Waals surface area (Å²) in [6, 6.07) is 7.23. The number of hydrogen-bond acceptors (Lipinski definition) is 6. The molecule has 7 heteroatoms. The van der Waals surface area contributed by atoms with E-state index in [2.05, 4.69) is 9.97 Å². The second-order valence-electron chi connectivity index (χ2n) is 4.62. The Balaban J connectivity index is 2.15. The van der Waals surface area contributed by atoms with E-state index < -0.39 is 5.56 Å². The summed E-state index contributed by atoms with van der Waals surface area (Å²) in [6.45, 7) is 1.18. The lowest BCUT2D eigenvalue weighted by atomic mass is 10.1. The molecule has 0 atom stereocenters. The lowest BCUT2D eigenvalue weighted by Gasteiger charge is -2.10. The fraction of sp³-hybridized carbons (Fsp3) is 0.267. The average Bonchev–Trinajstić information content (AvgIpc) is 2.78. The zero-order valence-corrected chi connectivity index (χ0v) is 12.7. The third-order valence-corrected chi connectivity index (χ3v) is 3.80. The van der Waals surface area contributed by atoms with Gasteiger partial charge in [0, 0.05) is 12.0 Å². The van der Waals surface area contributed by atoms with Gasteiger partial charge in [0.05, 0.1) is 18.9 Å². The van der Waals surface area contributed by atoms with Gasteiger partial charge in [-0.25, -0.2) is 4.98 Å². The molecule has 1 aromatic heterocycles. The maximum absolute atomic E-state index is 12.0. The van der Waals surface area contributed by atoms with Gasteiger partial charge in [-0.3, -0.25) is 4.79 Å². The third-order valence-electron chi connectivity index (χ3n) is 3.22. The number of nitriles is 1. The molecule has 2 heterocycles. The molecule has 112 valence electrons. The molecule has 0 spiro atoms. The van der Waals surface area contributed by atoms with Crippen molar-refractivity contribution in [3.05, 3.63) is 34.1 Å². The lowest BCUT2D eigenvalue weighted by Crippen LogP contribution is -2.14. The number of fused-ring (bicyclic) bond motifs is 1. The monoisotopic (exact) mass is 315 g/mol. The lowest BCUT2D eigenvalue weighted by molar-refractivity contribution is 0.297. The van der Waals surface area contributed by atoms with Crippen molar-refractivity contribution in [2.45, 2.75) is 11.6 Å². The SMILES string of the molecule is CSc1nc(-c2ccc3c(c2)OCCCO3)c(C#N)c(=O)[nH]1. The van der Waals surface area contributed by atoms with Gasteiger partial charge in [0.1, 0.15) is 11.6 Å². The molecule has 0 bridgehead atoms. The normalized spacial score (nSPS) is 13.3. The first-order valence-electron chi connectivity index (χ1n) is 6.71. The number of benzene rings is 1.